The van der Waals surface area contributed by atoms with Crippen molar-refractivity contribution >= 4 is 0 Å². The van der Waals surface area contributed by atoms with Crippen LogP contribution in [0.5, 0.6) is 0 Å². The first-order valence-electron chi connectivity index (χ1n) is 5.99. The first kappa shape index (κ1) is 15.0. The molecule has 2 unspecified atom stereocenters. The van der Waals surface area contributed by atoms with E-state index in [1.54, 1.807) is 0 Å². The van der Waals surface area contributed by atoms with Gasteiger partial charge in [0.25, 0.3) is 0 Å². The lowest BCUT2D eigenvalue weighted by atomic mass is 10.1. The maximum atomic E-state index is 13.3. The summed E-state index contributed by atoms with van der Waals surface area (Å²) in [6.07, 6.45) is -0.565. The Labute approximate surface area is 105 Å². The van der Waals surface area contributed by atoms with Gasteiger partial charge in [-0.3, -0.25) is 0 Å². The molecule has 0 bridgehead atoms. The highest BCUT2D eigenvalue weighted by Gasteiger charge is 2.17. The molecule has 1 rings (SSSR count). The van der Waals surface area contributed by atoms with Crippen LogP contribution in [0, 0.1) is 17.6 Å². The smallest absolute Gasteiger partial charge is 0.131 e. The van der Waals surface area contributed by atoms with Crippen LogP contribution >= 0.6 is 0 Å². The van der Waals surface area contributed by atoms with Gasteiger partial charge in [-0.05, 0) is 31.0 Å². The van der Waals surface area contributed by atoms with Crippen LogP contribution in [0.4, 0.5) is 8.78 Å². The van der Waals surface area contributed by atoms with Crippen molar-refractivity contribution in [1.82, 2.24) is 5.32 Å². The molecule has 0 aliphatic rings. The third-order valence-electron chi connectivity index (χ3n) is 2.79. The summed E-state index contributed by atoms with van der Waals surface area (Å²) in [5.41, 5.74) is -0.306. The standard InChI is InChI=1S/C13H19F2NO2/c1-9(5-6-17)7-16-8-12(18)13-10(14)3-2-4-11(13)15/h2-4,9,12,16-18H,5-8H2,1H3. The fourth-order valence-electron chi connectivity index (χ4n) is 1.72. The van der Waals surface area contributed by atoms with Crippen molar-refractivity contribution in [2.24, 2.45) is 5.92 Å². The number of benzene rings is 1. The lowest BCUT2D eigenvalue weighted by Crippen LogP contribution is -2.27. The molecule has 3 nitrogen and oxygen atoms in total. The summed E-state index contributed by atoms with van der Waals surface area (Å²) < 4.78 is 26.7. The Morgan fingerprint density at radius 3 is 2.39 bits per heavy atom. The van der Waals surface area contributed by atoms with Crippen LogP contribution in [0.1, 0.15) is 25.0 Å². The van der Waals surface area contributed by atoms with Crippen molar-refractivity contribution in [3.63, 3.8) is 0 Å². The Morgan fingerprint density at radius 1 is 1.22 bits per heavy atom. The van der Waals surface area contributed by atoms with E-state index >= 15 is 0 Å². The number of aliphatic hydroxyl groups excluding tert-OH is 2. The van der Waals surface area contributed by atoms with Gasteiger partial charge in [0.2, 0.25) is 0 Å². The minimum atomic E-state index is -1.22. The minimum absolute atomic E-state index is 0.0770. The van der Waals surface area contributed by atoms with E-state index in [1.807, 2.05) is 6.92 Å². The highest BCUT2D eigenvalue weighted by Crippen LogP contribution is 2.19. The van der Waals surface area contributed by atoms with Gasteiger partial charge in [0.1, 0.15) is 11.6 Å². The molecule has 5 heteroatoms. The highest BCUT2D eigenvalue weighted by atomic mass is 19.1. The molecule has 0 spiro atoms. The summed E-state index contributed by atoms with van der Waals surface area (Å²) in [4.78, 5) is 0. The molecule has 0 aliphatic carbocycles. The molecule has 18 heavy (non-hydrogen) atoms. The molecule has 0 fully saturated rings. The van der Waals surface area contributed by atoms with Gasteiger partial charge in [-0.25, -0.2) is 8.78 Å². The SMILES string of the molecule is CC(CCO)CNCC(O)c1c(F)cccc1F. The number of halogens is 2. The molecule has 0 radical (unpaired) electrons. The van der Waals surface area contributed by atoms with Gasteiger partial charge in [-0.15, -0.1) is 0 Å². The Bertz CT molecular complexity index is 354. The van der Waals surface area contributed by atoms with E-state index in [2.05, 4.69) is 5.32 Å². The first-order valence-corrected chi connectivity index (χ1v) is 5.99. The lowest BCUT2D eigenvalue weighted by molar-refractivity contribution is 0.162. The summed E-state index contributed by atoms with van der Waals surface area (Å²) in [5.74, 6) is -1.24. The number of aliphatic hydroxyl groups is 2. The fraction of sp³-hybridized carbons (Fsp3) is 0.538. The van der Waals surface area contributed by atoms with Crippen molar-refractivity contribution in [1.29, 1.82) is 0 Å². The lowest BCUT2D eigenvalue weighted by Gasteiger charge is -2.16. The highest BCUT2D eigenvalue weighted by molar-refractivity contribution is 5.22. The summed E-state index contributed by atoms with van der Waals surface area (Å²) >= 11 is 0. The molecule has 1 aromatic carbocycles. The van der Waals surface area contributed by atoms with Gasteiger partial charge in [0.15, 0.2) is 0 Å². The van der Waals surface area contributed by atoms with Crippen molar-refractivity contribution < 1.29 is 19.0 Å². The Hall–Kier alpha value is -1.04. The molecular formula is C13H19F2NO2. The molecule has 0 saturated carbocycles. The van der Waals surface area contributed by atoms with Crippen LogP contribution < -0.4 is 5.32 Å². The van der Waals surface area contributed by atoms with E-state index in [9.17, 15) is 13.9 Å². The number of hydrogen-bond acceptors (Lipinski definition) is 3. The van der Waals surface area contributed by atoms with Crippen molar-refractivity contribution in [3.8, 4) is 0 Å². The van der Waals surface area contributed by atoms with Gasteiger partial charge in [-0.1, -0.05) is 13.0 Å². The Kier molecular flexibility index (Phi) is 6.18. The fourth-order valence-corrected chi connectivity index (χ4v) is 1.72. The second kappa shape index (κ2) is 7.41. The summed E-state index contributed by atoms with van der Waals surface area (Å²) in [7, 11) is 0. The molecular weight excluding hydrogens is 240 g/mol. The molecule has 0 aliphatic heterocycles. The minimum Gasteiger partial charge on any atom is -0.396 e. The molecule has 2 atom stereocenters. The second-order valence-corrected chi connectivity index (χ2v) is 4.43. The van der Waals surface area contributed by atoms with E-state index in [1.165, 1.54) is 6.07 Å². The molecule has 3 N–H and O–H groups in total. The Morgan fingerprint density at radius 2 is 1.83 bits per heavy atom. The van der Waals surface area contributed by atoms with Gasteiger partial charge in [-0.2, -0.15) is 0 Å². The van der Waals surface area contributed by atoms with Gasteiger partial charge in [0.05, 0.1) is 11.7 Å². The van der Waals surface area contributed by atoms with Crippen LogP contribution in [-0.4, -0.2) is 29.9 Å². The van der Waals surface area contributed by atoms with Crippen LogP contribution in [0.15, 0.2) is 18.2 Å². The van der Waals surface area contributed by atoms with E-state index in [0.29, 0.717) is 13.0 Å². The molecule has 0 aromatic heterocycles. The number of rotatable bonds is 7. The maximum absolute atomic E-state index is 13.3. The third-order valence-corrected chi connectivity index (χ3v) is 2.79. The molecule has 0 amide bonds. The topological polar surface area (TPSA) is 52.5 Å². The average Bonchev–Trinajstić information content (AvgIpc) is 2.29. The summed E-state index contributed by atoms with van der Waals surface area (Å²) in [6.45, 7) is 2.70. The predicted octanol–water partition coefficient (Wildman–Crippen LogP) is 1.61. The van der Waals surface area contributed by atoms with E-state index < -0.39 is 17.7 Å². The monoisotopic (exact) mass is 259 g/mol. The second-order valence-electron chi connectivity index (χ2n) is 4.43. The quantitative estimate of drug-likeness (QED) is 0.697. The summed E-state index contributed by atoms with van der Waals surface area (Å²) in [6, 6.07) is 3.50. The molecule has 0 saturated heterocycles. The van der Waals surface area contributed by atoms with Crippen LogP contribution in [0.3, 0.4) is 0 Å². The van der Waals surface area contributed by atoms with Gasteiger partial charge < -0.3 is 15.5 Å². The normalized spacial score (nSPS) is 14.5. The molecule has 0 heterocycles. The number of nitrogens with one attached hydrogen (secondary N) is 1. The average molecular weight is 259 g/mol. The first-order chi connectivity index (χ1) is 8.56. The largest absolute Gasteiger partial charge is 0.396 e. The predicted molar refractivity (Wildman–Crippen MR) is 65.1 cm³/mol. The zero-order valence-electron chi connectivity index (χ0n) is 10.4. The van der Waals surface area contributed by atoms with E-state index in [4.69, 9.17) is 5.11 Å². The van der Waals surface area contributed by atoms with Gasteiger partial charge in [0, 0.05) is 13.2 Å². The van der Waals surface area contributed by atoms with Crippen molar-refractivity contribution in [2.75, 3.05) is 19.7 Å². The third kappa shape index (κ3) is 4.33. The van der Waals surface area contributed by atoms with Crippen LogP contribution in [0.25, 0.3) is 0 Å². The number of hydrogen-bond donors (Lipinski definition) is 3. The van der Waals surface area contributed by atoms with Crippen molar-refractivity contribution in [2.45, 2.75) is 19.4 Å². The van der Waals surface area contributed by atoms with Gasteiger partial charge >= 0.3 is 0 Å². The zero-order chi connectivity index (χ0) is 13.5. The van der Waals surface area contributed by atoms with Crippen molar-refractivity contribution in [3.05, 3.63) is 35.4 Å². The van der Waals surface area contributed by atoms with Crippen LogP contribution in [0.2, 0.25) is 0 Å². The summed E-state index contributed by atoms with van der Waals surface area (Å²) in [5, 5.41) is 21.4. The molecule has 1 aromatic rings. The van der Waals surface area contributed by atoms with Crippen LogP contribution in [-0.2, 0) is 0 Å². The Balaban J connectivity index is 2.48. The zero-order valence-corrected chi connectivity index (χ0v) is 10.4. The van der Waals surface area contributed by atoms with E-state index in [-0.39, 0.29) is 24.6 Å². The maximum Gasteiger partial charge on any atom is 0.131 e. The van der Waals surface area contributed by atoms with E-state index in [0.717, 1.165) is 12.1 Å². The molecule has 102 valence electrons.